The number of urea groups is 1. The molecule has 0 spiro atoms. The fraction of sp³-hybridized carbons (Fsp3) is 0.321. The number of fused-ring (bicyclic) bond motifs is 1. The highest BCUT2D eigenvalue weighted by atomic mass is 16.5. The smallest absolute Gasteiger partial charge is 0.319 e. The van der Waals surface area contributed by atoms with Crippen LogP contribution < -0.4 is 20.1 Å². The van der Waals surface area contributed by atoms with Gasteiger partial charge in [0.15, 0.2) is 11.5 Å². The van der Waals surface area contributed by atoms with Gasteiger partial charge in [-0.05, 0) is 61.2 Å². The van der Waals surface area contributed by atoms with Gasteiger partial charge in [0.05, 0.1) is 20.3 Å². The van der Waals surface area contributed by atoms with Crippen LogP contribution in [0.5, 0.6) is 11.5 Å². The first-order valence-corrected chi connectivity index (χ1v) is 11.6. The standard InChI is InChI=1S/C28H33N3O3/c1-19-8-10-23(11-9-19)30-28(32)29-17-25-24-16-27(34-4)26(33-3)15-22(24)12-13-31(25)18-21-7-5-6-20(2)14-21/h5-11,14-16,25H,12-13,17-18H2,1-4H3,(H2,29,30,32). The number of amides is 2. The normalized spacial score (nSPS) is 15.4. The van der Waals surface area contributed by atoms with Gasteiger partial charge in [0.2, 0.25) is 0 Å². The zero-order valence-electron chi connectivity index (χ0n) is 20.4. The summed E-state index contributed by atoms with van der Waals surface area (Å²) in [4.78, 5) is 15.1. The molecule has 34 heavy (non-hydrogen) atoms. The second-order valence-electron chi connectivity index (χ2n) is 8.83. The van der Waals surface area contributed by atoms with Gasteiger partial charge in [-0.3, -0.25) is 4.90 Å². The third-order valence-corrected chi connectivity index (χ3v) is 6.35. The topological polar surface area (TPSA) is 62.8 Å². The van der Waals surface area contributed by atoms with Crippen LogP contribution in [-0.2, 0) is 13.0 Å². The van der Waals surface area contributed by atoms with E-state index < -0.39 is 0 Å². The lowest BCUT2D eigenvalue weighted by molar-refractivity contribution is 0.172. The van der Waals surface area contributed by atoms with Gasteiger partial charge in [0, 0.05) is 25.3 Å². The Labute approximate surface area is 201 Å². The Morgan fingerprint density at radius 3 is 2.41 bits per heavy atom. The van der Waals surface area contributed by atoms with E-state index in [4.69, 9.17) is 9.47 Å². The van der Waals surface area contributed by atoms with Crippen LogP contribution >= 0.6 is 0 Å². The molecule has 0 bridgehead atoms. The van der Waals surface area contributed by atoms with E-state index in [1.807, 2.05) is 31.2 Å². The van der Waals surface area contributed by atoms with Crippen molar-refractivity contribution in [2.75, 3.05) is 32.6 Å². The highest BCUT2D eigenvalue weighted by Crippen LogP contribution is 2.38. The van der Waals surface area contributed by atoms with E-state index >= 15 is 0 Å². The van der Waals surface area contributed by atoms with Gasteiger partial charge in [-0.15, -0.1) is 0 Å². The maximum absolute atomic E-state index is 12.7. The van der Waals surface area contributed by atoms with Crippen LogP contribution in [0.3, 0.4) is 0 Å². The molecule has 3 aromatic carbocycles. The minimum Gasteiger partial charge on any atom is -0.493 e. The summed E-state index contributed by atoms with van der Waals surface area (Å²) in [5.41, 5.74) is 6.82. The highest BCUT2D eigenvalue weighted by molar-refractivity contribution is 5.89. The molecular formula is C28H33N3O3. The molecule has 1 atom stereocenters. The van der Waals surface area contributed by atoms with E-state index in [-0.39, 0.29) is 12.1 Å². The molecule has 3 aromatic rings. The molecule has 0 fully saturated rings. The number of anilines is 1. The number of ether oxygens (including phenoxy) is 2. The lowest BCUT2D eigenvalue weighted by Gasteiger charge is -2.38. The van der Waals surface area contributed by atoms with Crippen molar-refractivity contribution in [3.63, 3.8) is 0 Å². The largest absolute Gasteiger partial charge is 0.493 e. The molecule has 0 saturated carbocycles. The van der Waals surface area contributed by atoms with Crippen LogP contribution in [0.25, 0.3) is 0 Å². The average Bonchev–Trinajstić information content (AvgIpc) is 2.84. The first-order valence-electron chi connectivity index (χ1n) is 11.6. The zero-order valence-corrected chi connectivity index (χ0v) is 20.4. The molecule has 1 unspecified atom stereocenters. The van der Waals surface area contributed by atoms with Crippen molar-refractivity contribution in [1.29, 1.82) is 0 Å². The molecule has 1 aliphatic heterocycles. The summed E-state index contributed by atoms with van der Waals surface area (Å²) < 4.78 is 11.1. The van der Waals surface area contributed by atoms with Crippen molar-refractivity contribution in [2.24, 2.45) is 0 Å². The quantitative estimate of drug-likeness (QED) is 0.507. The van der Waals surface area contributed by atoms with E-state index in [2.05, 4.69) is 58.9 Å². The average molecular weight is 460 g/mol. The van der Waals surface area contributed by atoms with Crippen molar-refractivity contribution in [1.82, 2.24) is 10.2 Å². The number of aryl methyl sites for hydroxylation is 2. The summed E-state index contributed by atoms with van der Waals surface area (Å²) in [6.07, 6.45) is 0.910. The summed E-state index contributed by atoms with van der Waals surface area (Å²) >= 11 is 0. The molecule has 6 nitrogen and oxygen atoms in total. The van der Waals surface area contributed by atoms with Gasteiger partial charge in [0.1, 0.15) is 0 Å². The predicted octanol–water partition coefficient (Wildman–Crippen LogP) is 5.24. The lowest BCUT2D eigenvalue weighted by atomic mass is 9.91. The van der Waals surface area contributed by atoms with Crippen molar-refractivity contribution in [3.05, 3.63) is 88.5 Å². The van der Waals surface area contributed by atoms with E-state index in [9.17, 15) is 4.79 Å². The van der Waals surface area contributed by atoms with Crippen molar-refractivity contribution < 1.29 is 14.3 Å². The molecule has 2 amide bonds. The number of benzene rings is 3. The van der Waals surface area contributed by atoms with Crippen molar-refractivity contribution >= 4 is 11.7 Å². The number of carbonyl (C=O) groups excluding carboxylic acids is 1. The van der Waals surface area contributed by atoms with Gasteiger partial charge in [-0.1, -0.05) is 47.5 Å². The fourth-order valence-electron chi connectivity index (χ4n) is 4.55. The lowest BCUT2D eigenvalue weighted by Crippen LogP contribution is -2.42. The number of carbonyl (C=O) groups is 1. The van der Waals surface area contributed by atoms with Gasteiger partial charge in [0.25, 0.3) is 0 Å². The van der Waals surface area contributed by atoms with E-state index in [0.29, 0.717) is 12.3 Å². The predicted molar refractivity (Wildman–Crippen MR) is 136 cm³/mol. The highest BCUT2D eigenvalue weighted by Gasteiger charge is 2.29. The Bertz CT molecular complexity index is 1140. The van der Waals surface area contributed by atoms with Crippen LogP contribution in [0.4, 0.5) is 10.5 Å². The van der Waals surface area contributed by atoms with Gasteiger partial charge in [-0.2, -0.15) is 0 Å². The molecular weight excluding hydrogens is 426 g/mol. The summed E-state index contributed by atoms with van der Waals surface area (Å²) in [6.45, 7) is 6.31. The number of nitrogens with zero attached hydrogens (tertiary/aromatic N) is 1. The third kappa shape index (κ3) is 5.51. The SMILES string of the molecule is COc1cc2c(cc1OC)C(CNC(=O)Nc1ccc(C)cc1)N(Cc1cccc(C)c1)CC2. The fourth-order valence-corrected chi connectivity index (χ4v) is 4.55. The second-order valence-corrected chi connectivity index (χ2v) is 8.83. The second kappa shape index (κ2) is 10.6. The molecule has 1 heterocycles. The molecule has 0 aromatic heterocycles. The van der Waals surface area contributed by atoms with Crippen LogP contribution in [0.1, 0.15) is 33.9 Å². The summed E-state index contributed by atoms with van der Waals surface area (Å²) in [7, 11) is 3.31. The zero-order chi connectivity index (χ0) is 24.1. The van der Waals surface area contributed by atoms with Gasteiger partial charge in [-0.25, -0.2) is 4.79 Å². The maximum atomic E-state index is 12.7. The Morgan fingerprint density at radius 1 is 0.971 bits per heavy atom. The van der Waals surface area contributed by atoms with Crippen LogP contribution in [0.15, 0.2) is 60.7 Å². The Morgan fingerprint density at radius 2 is 1.71 bits per heavy atom. The Hall–Kier alpha value is -3.51. The first-order chi connectivity index (χ1) is 16.5. The molecule has 2 N–H and O–H groups in total. The monoisotopic (exact) mass is 459 g/mol. The third-order valence-electron chi connectivity index (χ3n) is 6.35. The molecule has 0 aliphatic carbocycles. The van der Waals surface area contributed by atoms with Crippen molar-refractivity contribution in [2.45, 2.75) is 32.9 Å². The number of nitrogens with one attached hydrogen (secondary N) is 2. The van der Waals surface area contributed by atoms with Crippen molar-refractivity contribution in [3.8, 4) is 11.5 Å². The maximum Gasteiger partial charge on any atom is 0.319 e. The Kier molecular flexibility index (Phi) is 7.38. The molecule has 178 valence electrons. The minimum absolute atomic E-state index is 0.00726. The molecule has 1 aliphatic rings. The van der Waals surface area contributed by atoms with Gasteiger partial charge < -0.3 is 20.1 Å². The first kappa shape index (κ1) is 23.6. The number of rotatable bonds is 7. The summed E-state index contributed by atoms with van der Waals surface area (Å²) in [5, 5.41) is 6.02. The van der Waals surface area contributed by atoms with Gasteiger partial charge >= 0.3 is 6.03 Å². The molecule has 6 heteroatoms. The minimum atomic E-state index is -0.216. The van der Waals surface area contributed by atoms with Crippen LogP contribution in [0.2, 0.25) is 0 Å². The van der Waals surface area contributed by atoms with Crippen LogP contribution in [-0.4, -0.2) is 38.2 Å². The Balaban J connectivity index is 1.57. The molecule has 0 radical (unpaired) electrons. The summed E-state index contributed by atoms with van der Waals surface area (Å²) in [6, 6.07) is 20.3. The van der Waals surface area contributed by atoms with E-state index in [1.165, 1.54) is 16.7 Å². The van der Waals surface area contributed by atoms with Crippen LogP contribution in [0, 0.1) is 13.8 Å². The number of hydrogen-bond acceptors (Lipinski definition) is 4. The number of methoxy groups -OCH3 is 2. The molecule has 4 rings (SSSR count). The summed E-state index contributed by atoms with van der Waals surface area (Å²) in [5.74, 6) is 1.44. The molecule has 0 saturated heterocycles. The van der Waals surface area contributed by atoms with E-state index in [1.54, 1.807) is 14.2 Å². The number of hydrogen-bond donors (Lipinski definition) is 2. The van der Waals surface area contributed by atoms with E-state index in [0.717, 1.165) is 42.1 Å².